The standard InChI is InChI=1S/C34H30S2/c1-34(2,3)32-16-10-15-31(25-17-21-29(22-18-25)35-27-11-6-4-7-12-27)33(32)26-19-23-30(24-20-26)36-28-13-8-5-9-14-28/h4-24H,1-3H3. The first kappa shape index (κ1) is 24.5. The largest absolute Gasteiger partial charge is 0.0901 e. The zero-order valence-electron chi connectivity index (χ0n) is 20.9. The Morgan fingerprint density at radius 1 is 0.417 bits per heavy atom. The van der Waals surface area contributed by atoms with E-state index in [1.807, 2.05) is 0 Å². The van der Waals surface area contributed by atoms with Gasteiger partial charge in [0.2, 0.25) is 0 Å². The summed E-state index contributed by atoms with van der Waals surface area (Å²) in [7, 11) is 0. The average Bonchev–Trinajstić information content (AvgIpc) is 2.90. The number of hydrogen-bond acceptors (Lipinski definition) is 2. The second-order valence-electron chi connectivity index (χ2n) is 9.86. The minimum Gasteiger partial charge on any atom is -0.0901 e. The predicted molar refractivity (Wildman–Crippen MR) is 157 cm³/mol. The van der Waals surface area contributed by atoms with Crippen molar-refractivity contribution in [3.05, 3.63) is 133 Å². The van der Waals surface area contributed by atoms with Gasteiger partial charge in [-0.1, -0.05) is 123 Å². The number of rotatable bonds is 6. The van der Waals surface area contributed by atoms with Crippen LogP contribution in [0, 0.1) is 0 Å². The Hall–Kier alpha value is -3.20. The van der Waals surface area contributed by atoms with Gasteiger partial charge in [-0.25, -0.2) is 0 Å². The lowest BCUT2D eigenvalue weighted by atomic mass is 9.79. The van der Waals surface area contributed by atoms with E-state index in [4.69, 9.17) is 0 Å². The van der Waals surface area contributed by atoms with Gasteiger partial charge in [0.15, 0.2) is 0 Å². The van der Waals surface area contributed by atoms with Crippen molar-refractivity contribution >= 4 is 23.5 Å². The van der Waals surface area contributed by atoms with E-state index in [9.17, 15) is 0 Å². The maximum absolute atomic E-state index is 2.30. The lowest BCUT2D eigenvalue weighted by Gasteiger charge is -2.26. The zero-order chi connectivity index (χ0) is 25.0. The van der Waals surface area contributed by atoms with E-state index in [1.165, 1.54) is 47.4 Å². The highest BCUT2D eigenvalue weighted by Gasteiger charge is 2.22. The van der Waals surface area contributed by atoms with Crippen molar-refractivity contribution in [3.8, 4) is 22.3 Å². The molecule has 0 radical (unpaired) electrons. The van der Waals surface area contributed by atoms with Crippen molar-refractivity contribution in [1.82, 2.24) is 0 Å². The Labute approximate surface area is 223 Å². The highest BCUT2D eigenvalue weighted by Crippen LogP contribution is 2.41. The van der Waals surface area contributed by atoms with Crippen molar-refractivity contribution in [3.63, 3.8) is 0 Å². The van der Waals surface area contributed by atoms with Crippen LogP contribution < -0.4 is 0 Å². The van der Waals surface area contributed by atoms with Gasteiger partial charge in [-0.2, -0.15) is 0 Å². The third-order valence-electron chi connectivity index (χ3n) is 6.14. The molecule has 0 unspecified atom stereocenters. The van der Waals surface area contributed by atoms with Crippen LogP contribution in [-0.2, 0) is 5.41 Å². The third kappa shape index (κ3) is 5.78. The van der Waals surface area contributed by atoms with Crippen molar-refractivity contribution in [2.45, 2.75) is 45.8 Å². The summed E-state index contributed by atoms with van der Waals surface area (Å²) < 4.78 is 0. The smallest absolute Gasteiger partial charge is 0.0122 e. The molecule has 0 atom stereocenters. The van der Waals surface area contributed by atoms with Gasteiger partial charge in [0, 0.05) is 19.6 Å². The normalized spacial score (nSPS) is 11.4. The molecule has 0 aliphatic heterocycles. The van der Waals surface area contributed by atoms with Crippen LogP contribution in [0.5, 0.6) is 0 Å². The van der Waals surface area contributed by atoms with E-state index >= 15 is 0 Å². The van der Waals surface area contributed by atoms with Crippen LogP contribution in [0.2, 0.25) is 0 Å². The molecule has 0 N–H and O–H groups in total. The molecular formula is C34H30S2. The fourth-order valence-electron chi connectivity index (χ4n) is 4.37. The quantitative estimate of drug-likeness (QED) is 0.226. The van der Waals surface area contributed by atoms with Crippen LogP contribution in [0.15, 0.2) is 147 Å². The van der Waals surface area contributed by atoms with Crippen LogP contribution in [0.3, 0.4) is 0 Å². The summed E-state index contributed by atoms with van der Waals surface area (Å²) in [5, 5.41) is 0. The SMILES string of the molecule is CC(C)(C)c1cccc(-c2ccc(Sc3ccccc3)cc2)c1-c1ccc(Sc2ccccc2)cc1. The third-order valence-corrected chi connectivity index (χ3v) is 8.17. The van der Waals surface area contributed by atoms with E-state index in [0.717, 1.165) is 0 Å². The predicted octanol–water partition coefficient (Wildman–Crippen LogP) is 10.6. The minimum atomic E-state index is 0.0336. The molecule has 0 saturated heterocycles. The van der Waals surface area contributed by atoms with Crippen LogP contribution in [0.1, 0.15) is 26.3 Å². The summed E-state index contributed by atoms with van der Waals surface area (Å²) in [6.45, 7) is 6.90. The molecule has 0 aliphatic rings. The summed E-state index contributed by atoms with van der Waals surface area (Å²) in [6.07, 6.45) is 0. The van der Waals surface area contributed by atoms with Gasteiger partial charge in [0.1, 0.15) is 0 Å². The summed E-state index contributed by atoms with van der Waals surface area (Å²) in [5.74, 6) is 0. The molecule has 36 heavy (non-hydrogen) atoms. The van der Waals surface area contributed by atoms with Crippen molar-refractivity contribution in [2.24, 2.45) is 0 Å². The molecule has 0 amide bonds. The minimum absolute atomic E-state index is 0.0336. The molecule has 2 heteroatoms. The Morgan fingerprint density at radius 2 is 0.861 bits per heavy atom. The summed E-state index contributed by atoms with van der Waals surface area (Å²) in [6, 6.07) is 45.9. The molecule has 178 valence electrons. The van der Waals surface area contributed by atoms with Crippen molar-refractivity contribution in [2.75, 3.05) is 0 Å². The van der Waals surface area contributed by atoms with Crippen molar-refractivity contribution < 1.29 is 0 Å². The highest BCUT2D eigenvalue weighted by atomic mass is 32.2. The molecule has 0 aliphatic carbocycles. The van der Waals surface area contributed by atoms with E-state index in [1.54, 1.807) is 23.5 Å². The van der Waals surface area contributed by atoms with Crippen LogP contribution >= 0.6 is 23.5 Å². The molecule has 0 nitrogen and oxygen atoms in total. The first-order valence-corrected chi connectivity index (χ1v) is 13.9. The van der Waals surface area contributed by atoms with Crippen LogP contribution in [0.4, 0.5) is 0 Å². The molecule has 0 saturated carbocycles. The van der Waals surface area contributed by atoms with E-state index in [0.29, 0.717) is 0 Å². The molecule has 0 aromatic heterocycles. The topological polar surface area (TPSA) is 0 Å². The second kappa shape index (κ2) is 10.8. The highest BCUT2D eigenvalue weighted by molar-refractivity contribution is 7.99. The van der Waals surface area contributed by atoms with Gasteiger partial charge in [-0.05, 0) is 81.8 Å². The molecule has 0 bridgehead atoms. The zero-order valence-corrected chi connectivity index (χ0v) is 22.6. The lowest BCUT2D eigenvalue weighted by molar-refractivity contribution is 0.592. The lowest BCUT2D eigenvalue weighted by Crippen LogP contribution is -2.13. The summed E-state index contributed by atoms with van der Waals surface area (Å²) in [5.41, 5.74) is 6.51. The van der Waals surface area contributed by atoms with E-state index in [2.05, 4.69) is 148 Å². The second-order valence-corrected chi connectivity index (χ2v) is 12.2. The summed E-state index contributed by atoms with van der Waals surface area (Å²) in [4.78, 5) is 5.02. The maximum atomic E-state index is 2.30. The van der Waals surface area contributed by atoms with Gasteiger partial charge in [0.05, 0.1) is 0 Å². The summed E-state index contributed by atoms with van der Waals surface area (Å²) >= 11 is 3.60. The molecule has 5 rings (SSSR count). The monoisotopic (exact) mass is 502 g/mol. The fourth-order valence-corrected chi connectivity index (χ4v) is 6.05. The van der Waals surface area contributed by atoms with Gasteiger partial charge in [0.25, 0.3) is 0 Å². The van der Waals surface area contributed by atoms with Gasteiger partial charge in [-0.15, -0.1) is 0 Å². The number of benzene rings is 5. The first-order valence-electron chi connectivity index (χ1n) is 12.3. The fraction of sp³-hybridized carbons (Fsp3) is 0.118. The van der Waals surface area contributed by atoms with Gasteiger partial charge < -0.3 is 0 Å². The maximum Gasteiger partial charge on any atom is 0.0122 e. The Balaban J connectivity index is 1.50. The van der Waals surface area contributed by atoms with Gasteiger partial charge in [-0.3, -0.25) is 0 Å². The molecule has 0 fully saturated rings. The Bertz CT molecular complexity index is 1410. The molecular weight excluding hydrogens is 473 g/mol. The first-order chi connectivity index (χ1) is 17.5. The number of hydrogen-bond donors (Lipinski definition) is 0. The Kier molecular flexibility index (Phi) is 7.36. The average molecular weight is 503 g/mol. The van der Waals surface area contributed by atoms with E-state index < -0.39 is 0 Å². The van der Waals surface area contributed by atoms with Crippen LogP contribution in [-0.4, -0.2) is 0 Å². The van der Waals surface area contributed by atoms with Gasteiger partial charge >= 0.3 is 0 Å². The van der Waals surface area contributed by atoms with E-state index in [-0.39, 0.29) is 5.41 Å². The van der Waals surface area contributed by atoms with Crippen molar-refractivity contribution in [1.29, 1.82) is 0 Å². The molecule has 5 aromatic carbocycles. The molecule has 5 aromatic rings. The molecule has 0 heterocycles. The molecule has 0 spiro atoms. The van der Waals surface area contributed by atoms with Crippen LogP contribution in [0.25, 0.3) is 22.3 Å². The Morgan fingerprint density at radius 3 is 1.33 bits per heavy atom.